The van der Waals surface area contributed by atoms with Gasteiger partial charge in [0.1, 0.15) is 18.5 Å². The molecule has 2 aromatic heterocycles. The largest absolute Gasteiger partial charge is 0.475 e. The Hall–Kier alpha value is -2.02. The number of nitrogens with zero attached hydrogens (tertiary/aromatic N) is 5. The lowest BCUT2D eigenvalue weighted by Gasteiger charge is -2.34. The zero-order valence-corrected chi connectivity index (χ0v) is 20.1. The summed E-state index contributed by atoms with van der Waals surface area (Å²) in [4.78, 5) is 10.8. The minimum Gasteiger partial charge on any atom is -0.475 e. The Kier molecular flexibility index (Phi) is 6.89. The molecule has 1 N–H and O–H groups in total. The molecule has 1 unspecified atom stereocenters. The van der Waals surface area contributed by atoms with Gasteiger partial charge < -0.3 is 19.7 Å². The summed E-state index contributed by atoms with van der Waals surface area (Å²) in [5.41, 5.74) is 1.50. The molecule has 31 heavy (non-hydrogen) atoms. The van der Waals surface area contributed by atoms with Crippen LogP contribution in [0.25, 0.3) is 5.78 Å². The Balaban J connectivity index is 1.40. The van der Waals surface area contributed by atoms with Gasteiger partial charge in [-0.15, -0.1) is 5.10 Å². The maximum absolute atomic E-state index is 13.3. The normalized spacial score (nSPS) is 16.5. The fraction of sp³-hybridized carbons (Fsp3) is 0.368. The number of fused-ring (bicyclic) bond motifs is 1. The molecule has 1 saturated heterocycles. The van der Waals surface area contributed by atoms with Gasteiger partial charge in [-0.1, -0.05) is 11.8 Å². The first-order chi connectivity index (χ1) is 14.9. The number of thioether (sulfide) groups is 1. The summed E-state index contributed by atoms with van der Waals surface area (Å²) in [5, 5.41) is 8.74. The quantitative estimate of drug-likeness (QED) is 0.396. The van der Waals surface area contributed by atoms with Crippen LogP contribution in [0.3, 0.4) is 0 Å². The highest BCUT2D eigenvalue weighted by atomic mass is 79.9. The van der Waals surface area contributed by atoms with Gasteiger partial charge in [0, 0.05) is 29.3 Å². The molecule has 0 saturated carbocycles. The van der Waals surface area contributed by atoms with Gasteiger partial charge in [0.2, 0.25) is 11.0 Å². The van der Waals surface area contributed by atoms with Crippen LogP contribution in [0.5, 0.6) is 5.88 Å². The van der Waals surface area contributed by atoms with Crippen molar-refractivity contribution in [3.63, 3.8) is 0 Å². The molecule has 1 aliphatic heterocycles. The Morgan fingerprint density at radius 1 is 1.42 bits per heavy atom. The molecule has 0 spiro atoms. The van der Waals surface area contributed by atoms with Gasteiger partial charge in [0.15, 0.2) is 5.11 Å². The molecular formula is C19H20BrFN6O2S2. The van der Waals surface area contributed by atoms with E-state index in [1.807, 2.05) is 24.1 Å². The van der Waals surface area contributed by atoms with Crippen LogP contribution >= 0.6 is 39.9 Å². The smallest absolute Gasteiger partial charge is 0.256 e. The number of nitrogens with one attached hydrogen (secondary N) is 1. The van der Waals surface area contributed by atoms with Crippen molar-refractivity contribution in [1.29, 1.82) is 0 Å². The van der Waals surface area contributed by atoms with E-state index >= 15 is 0 Å². The monoisotopic (exact) mass is 526 g/mol. The Morgan fingerprint density at radius 2 is 2.26 bits per heavy atom. The molecule has 3 aromatic rings. The molecule has 1 aromatic carbocycles. The van der Waals surface area contributed by atoms with Crippen LogP contribution in [-0.2, 0) is 4.74 Å². The summed E-state index contributed by atoms with van der Waals surface area (Å²) in [6.07, 6.45) is 1.73. The number of halogens is 2. The van der Waals surface area contributed by atoms with Crippen molar-refractivity contribution in [3.8, 4) is 5.88 Å². The molecular weight excluding hydrogens is 507 g/mol. The Bertz CT molecular complexity index is 1110. The van der Waals surface area contributed by atoms with Crippen molar-refractivity contribution < 1.29 is 13.9 Å². The minimum absolute atomic E-state index is 0.183. The van der Waals surface area contributed by atoms with Crippen molar-refractivity contribution >= 4 is 56.5 Å². The highest BCUT2D eigenvalue weighted by Crippen LogP contribution is 2.24. The molecule has 0 radical (unpaired) electrons. The van der Waals surface area contributed by atoms with Gasteiger partial charge in [-0.05, 0) is 59.5 Å². The van der Waals surface area contributed by atoms with Gasteiger partial charge in [0.25, 0.3) is 5.78 Å². The lowest BCUT2D eigenvalue weighted by molar-refractivity contribution is -0.0291. The molecule has 1 aliphatic rings. The first-order valence-electron chi connectivity index (χ1n) is 9.46. The number of aryl methyl sites for hydroxylation is 1. The molecule has 1 atom stereocenters. The van der Waals surface area contributed by atoms with E-state index in [0.717, 1.165) is 5.69 Å². The maximum Gasteiger partial charge on any atom is 0.256 e. The van der Waals surface area contributed by atoms with Crippen molar-refractivity contribution in [2.45, 2.75) is 18.2 Å². The topological polar surface area (TPSA) is 76.8 Å². The first kappa shape index (κ1) is 22.2. The molecule has 164 valence electrons. The second-order valence-corrected chi connectivity index (χ2v) is 8.86. The Morgan fingerprint density at radius 3 is 3.03 bits per heavy atom. The van der Waals surface area contributed by atoms with Crippen LogP contribution in [0.1, 0.15) is 5.69 Å². The van der Waals surface area contributed by atoms with E-state index < -0.39 is 0 Å². The summed E-state index contributed by atoms with van der Waals surface area (Å²) >= 11 is 10.3. The number of aromatic nitrogens is 4. The molecule has 12 heteroatoms. The summed E-state index contributed by atoms with van der Waals surface area (Å²) in [6.45, 7) is 3.94. The van der Waals surface area contributed by atoms with Gasteiger partial charge in [-0.3, -0.25) is 0 Å². The van der Waals surface area contributed by atoms with Gasteiger partial charge in [0.05, 0.1) is 12.3 Å². The number of morpholine rings is 1. The molecule has 0 amide bonds. The summed E-state index contributed by atoms with van der Waals surface area (Å²) in [5.74, 6) is 0.747. The molecule has 4 rings (SSSR count). The molecule has 0 bridgehead atoms. The standard InChI is InChI=1S/C19H20BrFN6O2S2/c1-11-7-16(27-17(22-11)24-18(25-27)31-2)29-10-13-9-26(5-6-28-13)19(30)23-15-4-3-12(21)8-14(15)20/h3-4,7-8,13H,5-6,9-10H2,1-2H3,(H,23,30). The van der Waals surface area contributed by atoms with E-state index in [9.17, 15) is 4.39 Å². The highest BCUT2D eigenvalue weighted by molar-refractivity contribution is 9.10. The fourth-order valence-corrected chi connectivity index (χ4v) is 4.15. The van der Waals surface area contributed by atoms with Crippen molar-refractivity contribution in [1.82, 2.24) is 24.5 Å². The number of anilines is 1. The average Bonchev–Trinajstić information content (AvgIpc) is 3.17. The van der Waals surface area contributed by atoms with Crippen LogP contribution in [-0.4, -0.2) is 68.3 Å². The van der Waals surface area contributed by atoms with E-state index in [0.29, 0.717) is 58.4 Å². The summed E-state index contributed by atoms with van der Waals surface area (Å²) in [7, 11) is 0. The van der Waals surface area contributed by atoms with Gasteiger partial charge in [-0.2, -0.15) is 9.50 Å². The third-order valence-electron chi connectivity index (χ3n) is 4.59. The Labute approximate surface area is 196 Å². The maximum atomic E-state index is 13.3. The van der Waals surface area contributed by atoms with E-state index in [2.05, 4.69) is 36.3 Å². The lowest BCUT2D eigenvalue weighted by Crippen LogP contribution is -2.49. The zero-order chi connectivity index (χ0) is 22.0. The van der Waals surface area contributed by atoms with Gasteiger partial charge >= 0.3 is 0 Å². The summed E-state index contributed by atoms with van der Waals surface area (Å²) < 4.78 is 27.4. The number of ether oxygens (including phenoxy) is 2. The van der Waals surface area contributed by atoms with Crippen LogP contribution in [0, 0.1) is 12.7 Å². The van der Waals surface area contributed by atoms with Crippen LogP contribution < -0.4 is 10.1 Å². The minimum atomic E-state index is -0.315. The van der Waals surface area contributed by atoms with Crippen LogP contribution in [0.2, 0.25) is 0 Å². The van der Waals surface area contributed by atoms with E-state index in [-0.39, 0.29) is 11.9 Å². The summed E-state index contributed by atoms with van der Waals surface area (Å²) in [6, 6.07) is 6.25. The van der Waals surface area contributed by atoms with Crippen molar-refractivity contribution in [2.24, 2.45) is 0 Å². The van der Waals surface area contributed by atoms with E-state index in [1.165, 1.54) is 23.9 Å². The van der Waals surface area contributed by atoms with Crippen LogP contribution in [0.15, 0.2) is 33.9 Å². The lowest BCUT2D eigenvalue weighted by atomic mass is 10.3. The number of thiocarbonyl (C=S) groups is 1. The molecule has 1 fully saturated rings. The van der Waals surface area contributed by atoms with Gasteiger partial charge in [-0.25, -0.2) is 9.37 Å². The van der Waals surface area contributed by atoms with E-state index in [1.54, 1.807) is 10.6 Å². The predicted molar refractivity (Wildman–Crippen MR) is 124 cm³/mol. The second-order valence-electron chi connectivity index (χ2n) is 6.85. The second kappa shape index (κ2) is 9.63. The third-order valence-corrected chi connectivity index (χ3v) is 6.14. The number of hydrogen-bond donors (Lipinski definition) is 1. The molecule has 0 aliphatic carbocycles. The fourth-order valence-electron chi connectivity index (χ4n) is 3.09. The average molecular weight is 527 g/mol. The predicted octanol–water partition coefficient (Wildman–Crippen LogP) is 3.53. The van der Waals surface area contributed by atoms with E-state index in [4.69, 9.17) is 21.7 Å². The number of rotatable bonds is 5. The number of benzene rings is 1. The van der Waals surface area contributed by atoms with Crippen molar-refractivity contribution in [3.05, 3.63) is 40.2 Å². The highest BCUT2D eigenvalue weighted by Gasteiger charge is 2.24. The zero-order valence-electron chi connectivity index (χ0n) is 16.8. The first-order valence-corrected chi connectivity index (χ1v) is 11.9. The van der Waals surface area contributed by atoms with Crippen LogP contribution in [0.4, 0.5) is 10.1 Å². The number of hydrogen-bond acceptors (Lipinski definition) is 7. The molecule has 8 nitrogen and oxygen atoms in total. The van der Waals surface area contributed by atoms with Crippen molar-refractivity contribution in [2.75, 3.05) is 37.9 Å². The third kappa shape index (κ3) is 5.25. The SMILES string of the molecule is CSc1nc2nc(C)cc(OCC3CN(C(=S)Nc4ccc(F)cc4Br)CCO3)n2n1. The molecule has 3 heterocycles.